The molecule has 0 aliphatic carbocycles. The Balaban J connectivity index is 1.48. The average molecular weight is 440 g/mol. The molecule has 3 amide bonds. The van der Waals surface area contributed by atoms with Crippen LogP contribution >= 0.6 is 0 Å². The summed E-state index contributed by atoms with van der Waals surface area (Å²) in [5.74, 6) is 0.610. The standard InChI is InChI=1S/C24H33N5O3/c1-5-32-16-10-15-27-17(2)18(3)29-20-21(25-23(27)29)26(4)24(31)28(22(20)30)14-9-13-19-11-7-6-8-12-19/h6-8,11-12,20-21H,5,9-10,13-16H2,1-4H3. The van der Waals surface area contributed by atoms with Gasteiger partial charge in [-0.05, 0) is 45.6 Å². The van der Waals surface area contributed by atoms with Crippen molar-refractivity contribution < 1.29 is 14.3 Å². The molecule has 0 saturated carbocycles. The highest BCUT2D eigenvalue weighted by Crippen LogP contribution is 2.37. The number of ether oxygens (including phenoxy) is 1. The number of nitrogens with zero attached hydrogens (tertiary/aromatic N) is 5. The number of guanidine groups is 1. The third kappa shape index (κ3) is 3.88. The number of fused-ring (bicyclic) bond motifs is 3. The summed E-state index contributed by atoms with van der Waals surface area (Å²) < 4.78 is 5.48. The quantitative estimate of drug-likeness (QED) is 0.554. The molecule has 0 spiro atoms. The second-order valence-corrected chi connectivity index (χ2v) is 8.50. The Labute approximate surface area is 190 Å². The average Bonchev–Trinajstić information content (AvgIpc) is 3.29. The number of carbonyl (C=O) groups excluding carboxylic acids is 2. The molecule has 3 aliphatic rings. The molecule has 1 aromatic rings. The summed E-state index contributed by atoms with van der Waals surface area (Å²) >= 11 is 0. The number of benzene rings is 1. The Morgan fingerprint density at radius 2 is 1.72 bits per heavy atom. The highest BCUT2D eigenvalue weighted by molar-refractivity contribution is 6.05. The highest BCUT2D eigenvalue weighted by Gasteiger charge is 2.55. The maximum atomic E-state index is 13.5. The molecule has 1 fully saturated rings. The van der Waals surface area contributed by atoms with E-state index in [1.165, 1.54) is 10.5 Å². The lowest BCUT2D eigenvalue weighted by molar-refractivity contribution is -0.136. The molecule has 3 heterocycles. The Morgan fingerprint density at radius 3 is 2.44 bits per heavy atom. The molecular weight excluding hydrogens is 406 g/mol. The van der Waals surface area contributed by atoms with E-state index in [-0.39, 0.29) is 11.9 Å². The van der Waals surface area contributed by atoms with Crippen LogP contribution in [-0.4, -0.2) is 83.1 Å². The second-order valence-electron chi connectivity index (χ2n) is 8.50. The van der Waals surface area contributed by atoms with Gasteiger partial charge in [0.25, 0.3) is 5.91 Å². The molecule has 8 heteroatoms. The number of urea groups is 1. The predicted octanol–water partition coefficient (Wildman–Crippen LogP) is 2.87. The summed E-state index contributed by atoms with van der Waals surface area (Å²) in [7, 11) is 1.74. The number of amides is 3. The van der Waals surface area contributed by atoms with Gasteiger partial charge in [0, 0.05) is 44.7 Å². The first-order valence-corrected chi connectivity index (χ1v) is 11.5. The molecule has 2 atom stereocenters. The van der Waals surface area contributed by atoms with Gasteiger partial charge in [0.2, 0.25) is 5.96 Å². The number of imide groups is 1. The highest BCUT2D eigenvalue weighted by atomic mass is 16.5. The molecule has 4 rings (SSSR count). The van der Waals surface area contributed by atoms with E-state index in [1.54, 1.807) is 11.9 Å². The van der Waals surface area contributed by atoms with Crippen molar-refractivity contribution in [3.8, 4) is 0 Å². The van der Waals surface area contributed by atoms with Crippen molar-refractivity contribution >= 4 is 17.9 Å². The van der Waals surface area contributed by atoms with Crippen molar-refractivity contribution in [3.63, 3.8) is 0 Å². The smallest absolute Gasteiger partial charge is 0.328 e. The summed E-state index contributed by atoms with van der Waals surface area (Å²) in [5, 5.41) is 0. The van der Waals surface area contributed by atoms with Crippen LogP contribution in [0.4, 0.5) is 4.79 Å². The normalized spacial score (nSPS) is 22.7. The SMILES string of the molecule is CCOCCCN1C2=NC3C(C(=O)N(CCCc4ccccc4)C(=O)N3C)N2C(C)=C1C. The number of hydrogen-bond donors (Lipinski definition) is 0. The van der Waals surface area contributed by atoms with E-state index >= 15 is 0 Å². The largest absolute Gasteiger partial charge is 0.382 e. The molecule has 3 aliphatic heterocycles. The van der Waals surface area contributed by atoms with Gasteiger partial charge in [-0.1, -0.05) is 30.3 Å². The molecule has 2 unspecified atom stereocenters. The van der Waals surface area contributed by atoms with E-state index in [4.69, 9.17) is 9.73 Å². The minimum absolute atomic E-state index is 0.159. The van der Waals surface area contributed by atoms with E-state index in [9.17, 15) is 9.59 Å². The lowest BCUT2D eigenvalue weighted by Gasteiger charge is -2.40. The van der Waals surface area contributed by atoms with Crippen LogP contribution in [0.1, 0.15) is 39.2 Å². The number of aliphatic imine (C=N–C) groups is 1. The molecule has 0 aromatic heterocycles. The van der Waals surface area contributed by atoms with E-state index in [0.717, 1.165) is 43.2 Å². The molecule has 8 nitrogen and oxygen atoms in total. The zero-order valence-corrected chi connectivity index (χ0v) is 19.5. The van der Waals surface area contributed by atoms with Crippen molar-refractivity contribution in [1.82, 2.24) is 19.6 Å². The van der Waals surface area contributed by atoms with Gasteiger partial charge in [0.05, 0.1) is 0 Å². The number of likely N-dealkylation sites (N-methyl/N-ethyl adjacent to an activating group) is 1. The fourth-order valence-corrected chi connectivity index (χ4v) is 4.71. The van der Waals surface area contributed by atoms with Crippen molar-refractivity contribution in [1.29, 1.82) is 0 Å². The Bertz CT molecular complexity index is 929. The second kappa shape index (κ2) is 9.32. The Hall–Kier alpha value is -2.87. The zero-order chi connectivity index (χ0) is 22.8. The molecule has 0 N–H and O–H groups in total. The number of allylic oxidation sites excluding steroid dienone is 2. The lowest BCUT2D eigenvalue weighted by atomic mass is 10.1. The summed E-state index contributed by atoms with van der Waals surface area (Å²) in [4.78, 5) is 38.6. The summed E-state index contributed by atoms with van der Waals surface area (Å²) in [6.07, 6.45) is 1.94. The molecule has 1 saturated heterocycles. The minimum atomic E-state index is -0.503. The number of rotatable bonds is 9. The van der Waals surface area contributed by atoms with Crippen molar-refractivity contribution in [3.05, 3.63) is 47.3 Å². The first kappa shape index (κ1) is 22.3. The van der Waals surface area contributed by atoms with Gasteiger partial charge in [-0.2, -0.15) is 0 Å². The van der Waals surface area contributed by atoms with Crippen LogP contribution in [-0.2, 0) is 16.0 Å². The maximum absolute atomic E-state index is 13.5. The topological polar surface area (TPSA) is 68.7 Å². The molecule has 0 radical (unpaired) electrons. The van der Waals surface area contributed by atoms with Gasteiger partial charge in [-0.3, -0.25) is 14.6 Å². The maximum Gasteiger partial charge on any atom is 0.328 e. The third-order valence-corrected chi connectivity index (χ3v) is 6.57. The zero-order valence-electron chi connectivity index (χ0n) is 19.5. The van der Waals surface area contributed by atoms with Gasteiger partial charge < -0.3 is 14.5 Å². The van der Waals surface area contributed by atoms with Crippen LogP contribution in [0.15, 0.2) is 46.7 Å². The van der Waals surface area contributed by atoms with Crippen LogP contribution in [0.3, 0.4) is 0 Å². The predicted molar refractivity (Wildman–Crippen MR) is 123 cm³/mol. The fraction of sp³-hybridized carbons (Fsp3) is 0.542. The molecule has 32 heavy (non-hydrogen) atoms. The molecular formula is C24H33N5O3. The number of hydrogen-bond acceptors (Lipinski definition) is 6. The van der Waals surface area contributed by atoms with Crippen LogP contribution in [0.5, 0.6) is 0 Å². The molecule has 1 aromatic carbocycles. The van der Waals surface area contributed by atoms with Gasteiger partial charge in [0.1, 0.15) is 0 Å². The Kier molecular flexibility index (Phi) is 6.50. The van der Waals surface area contributed by atoms with Gasteiger partial charge in [-0.25, -0.2) is 9.79 Å². The molecule has 0 bridgehead atoms. The van der Waals surface area contributed by atoms with E-state index in [0.29, 0.717) is 19.8 Å². The van der Waals surface area contributed by atoms with Crippen molar-refractivity contribution in [2.75, 3.05) is 33.4 Å². The first-order chi connectivity index (χ1) is 15.5. The monoisotopic (exact) mass is 439 g/mol. The summed E-state index contributed by atoms with van der Waals surface area (Å²) in [6, 6.07) is 9.37. The van der Waals surface area contributed by atoms with E-state index in [2.05, 4.69) is 24.0 Å². The van der Waals surface area contributed by atoms with Crippen LogP contribution in [0, 0.1) is 0 Å². The number of aryl methyl sites for hydroxylation is 1. The van der Waals surface area contributed by atoms with Crippen LogP contribution in [0.2, 0.25) is 0 Å². The fourth-order valence-electron chi connectivity index (χ4n) is 4.71. The minimum Gasteiger partial charge on any atom is -0.382 e. The lowest BCUT2D eigenvalue weighted by Crippen LogP contribution is -2.64. The van der Waals surface area contributed by atoms with Crippen LogP contribution < -0.4 is 0 Å². The number of carbonyl (C=O) groups is 2. The molecule has 172 valence electrons. The van der Waals surface area contributed by atoms with E-state index in [1.807, 2.05) is 36.9 Å². The Morgan fingerprint density at radius 1 is 1.00 bits per heavy atom. The van der Waals surface area contributed by atoms with Gasteiger partial charge in [-0.15, -0.1) is 0 Å². The van der Waals surface area contributed by atoms with Crippen LogP contribution in [0.25, 0.3) is 0 Å². The van der Waals surface area contributed by atoms with Crippen molar-refractivity contribution in [2.45, 2.75) is 52.2 Å². The van der Waals surface area contributed by atoms with Gasteiger partial charge >= 0.3 is 6.03 Å². The first-order valence-electron chi connectivity index (χ1n) is 11.5. The van der Waals surface area contributed by atoms with Gasteiger partial charge in [0.15, 0.2) is 12.2 Å². The van der Waals surface area contributed by atoms with Crippen molar-refractivity contribution in [2.24, 2.45) is 4.99 Å². The third-order valence-electron chi connectivity index (χ3n) is 6.57. The summed E-state index contributed by atoms with van der Waals surface area (Å²) in [6.45, 7) is 8.64. The van der Waals surface area contributed by atoms with E-state index < -0.39 is 12.2 Å². The summed E-state index contributed by atoms with van der Waals surface area (Å²) in [5.41, 5.74) is 3.33.